The molecule has 112 valence electrons. The van der Waals surface area contributed by atoms with E-state index in [1.807, 2.05) is 26.0 Å². The van der Waals surface area contributed by atoms with Crippen LogP contribution < -0.4 is 5.32 Å². The zero-order valence-corrected chi connectivity index (χ0v) is 13.0. The Labute approximate surface area is 131 Å². The van der Waals surface area contributed by atoms with E-state index in [1.165, 1.54) is 25.5 Å². The van der Waals surface area contributed by atoms with Gasteiger partial charge < -0.3 is 9.88 Å². The van der Waals surface area contributed by atoms with Crippen LogP contribution in [0.2, 0.25) is 0 Å². The SMILES string of the molecule is Cc1c(C#N)c(NC=C(C#N)C#N)n(C2CCCCC2)c1C. The Morgan fingerprint density at radius 3 is 2.32 bits per heavy atom. The van der Waals surface area contributed by atoms with Crippen molar-refractivity contribution in [2.75, 3.05) is 5.32 Å². The van der Waals surface area contributed by atoms with Crippen molar-refractivity contribution in [3.05, 3.63) is 28.6 Å². The number of nitrogens with one attached hydrogen (secondary N) is 1. The number of hydrogen-bond acceptors (Lipinski definition) is 4. The van der Waals surface area contributed by atoms with Gasteiger partial charge in [-0.3, -0.25) is 0 Å². The van der Waals surface area contributed by atoms with E-state index in [4.69, 9.17) is 10.5 Å². The van der Waals surface area contributed by atoms with E-state index in [2.05, 4.69) is 16.0 Å². The summed E-state index contributed by atoms with van der Waals surface area (Å²) in [5.74, 6) is 0.701. The van der Waals surface area contributed by atoms with E-state index in [-0.39, 0.29) is 5.57 Å². The summed E-state index contributed by atoms with van der Waals surface area (Å²) in [6.45, 7) is 3.97. The van der Waals surface area contributed by atoms with E-state index < -0.39 is 0 Å². The van der Waals surface area contributed by atoms with Crippen LogP contribution in [-0.2, 0) is 0 Å². The van der Waals surface area contributed by atoms with Crippen LogP contribution in [0.1, 0.15) is 55.0 Å². The first-order chi connectivity index (χ1) is 10.6. The molecule has 0 spiro atoms. The lowest BCUT2D eigenvalue weighted by molar-refractivity contribution is 0.352. The van der Waals surface area contributed by atoms with E-state index >= 15 is 0 Å². The summed E-state index contributed by atoms with van der Waals surface area (Å²) in [6.07, 6.45) is 7.23. The molecule has 0 bridgehead atoms. The van der Waals surface area contributed by atoms with Crippen molar-refractivity contribution in [2.24, 2.45) is 0 Å². The Kier molecular flexibility index (Phi) is 4.87. The van der Waals surface area contributed by atoms with Crippen LogP contribution >= 0.6 is 0 Å². The molecule has 1 fully saturated rings. The molecular weight excluding hydrogens is 274 g/mol. The minimum atomic E-state index is -0.00408. The topological polar surface area (TPSA) is 88.3 Å². The Hall–Kier alpha value is -2.71. The number of rotatable bonds is 3. The minimum Gasteiger partial charge on any atom is -0.345 e. The maximum absolute atomic E-state index is 9.46. The zero-order chi connectivity index (χ0) is 16.1. The van der Waals surface area contributed by atoms with Crippen LogP contribution in [0, 0.1) is 47.8 Å². The van der Waals surface area contributed by atoms with Crippen LogP contribution in [0.3, 0.4) is 0 Å². The third-order valence-corrected chi connectivity index (χ3v) is 4.40. The van der Waals surface area contributed by atoms with Gasteiger partial charge in [-0.15, -0.1) is 0 Å². The molecule has 1 saturated carbocycles. The lowest BCUT2D eigenvalue weighted by atomic mass is 9.95. The van der Waals surface area contributed by atoms with Crippen molar-refractivity contribution in [2.45, 2.75) is 52.0 Å². The van der Waals surface area contributed by atoms with Crippen LogP contribution in [0.4, 0.5) is 5.82 Å². The molecule has 0 saturated heterocycles. The van der Waals surface area contributed by atoms with Crippen molar-refractivity contribution in [1.29, 1.82) is 15.8 Å². The third-order valence-electron chi connectivity index (χ3n) is 4.40. The van der Waals surface area contributed by atoms with Gasteiger partial charge in [0.15, 0.2) is 0 Å². The van der Waals surface area contributed by atoms with Gasteiger partial charge in [0, 0.05) is 17.9 Å². The molecule has 1 aromatic heterocycles. The van der Waals surface area contributed by atoms with Crippen LogP contribution in [0.25, 0.3) is 0 Å². The van der Waals surface area contributed by atoms with Crippen LogP contribution in [0.5, 0.6) is 0 Å². The standard InChI is InChI=1S/C17H19N5/c1-12-13(2)22(15-6-4-3-5-7-15)17(16(12)10-20)21-11-14(8-18)9-19/h11,15,21H,3-7H2,1-2H3. The van der Waals surface area contributed by atoms with Crippen molar-refractivity contribution >= 4 is 5.82 Å². The summed E-state index contributed by atoms with van der Waals surface area (Å²) in [5.41, 5.74) is 2.62. The minimum absolute atomic E-state index is 0.00408. The van der Waals surface area contributed by atoms with Crippen molar-refractivity contribution in [1.82, 2.24) is 4.57 Å². The number of allylic oxidation sites excluding steroid dienone is 1. The third kappa shape index (κ3) is 2.83. The van der Waals surface area contributed by atoms with E-state index in [9.17, 15) is 5.26 Å². The number of aromatic nitrogens is 1. The van der Waals surface area contributed by atoms with Gasteiger partial charge in [-0.05, 0) is 32.3 Å². The number of nitrogens with zero attached hydrogens (tertiary/aromatic N) is 4. The van der Waals surface area contributed by atoms with Crippen LogP contribution in [-0.4, -0.2) is 4.57 Å². The maximum atomic E-state index is 9.46. The van der Waals surface area contributed by atoms with E-state index in [0.29, 0.717) is 17.4 Å². The summed E-state index contributed by atoms with van der Waals surface area (Å²) in [7, 11) is 0. The lowest BCUT2D eigenvalue weighted by Crippen LogP contribution is -2.16. The molecule has 0 unspecified atom stereocenters. The molecule has 0 aliphatic heterocycles. The Balaban J connectivity index is 2.49. The maximum Gasteiger partial charge on any atom is 0.145 e. The second-order valence-corrected chi connectivity index (χ2v) is 5.63. The highest BCUT2D eigenvalue weighted by Crippen LogP contribution is 2.36. The number of nitriles is 3. The second kappa shape index (κ2) is 6.83. The first-order valence-electron chi connectivity index (χ1n) is 7.52. The fourth-order valence-electron chi connectivity index (χ4n) is 3.13. The average molecular weight is 293 g/mol. The zero-order valence-electron chi connectivity index (χ0n) is 13.0. The quantitative estimate of drug-likeness (QED) is 0.858. The average Bonchev–Trinajstić information content (AvgIpc) is 2.80. The van der Waals surface area contributed by atoms with Gasteiger partial charge >= 0.3 is 0 Å². The molecular formula is C17H19N5. The molecule has 1 aliphatic rings. The van der Waals surface area contributed by atoms with Gasteiger partial charge in [-0.2, -0.15) is 15.8 Å². The number of anilines is 1. The van der Waals surface area contributed by atoms with Crippen molar-refractivity contribution < 1.29 is 0 Å². The molecule has 0 aromatic carbocycles. The highest BCUT2D eigenvalue weighted by atomic mass is 15.1. The van der Waals surface area contributed by atoms with Crippen molar-refractivity contribution in [3.63, 3.8) is 0 Å². The number of hydrogen-bond donors (Lipinski definition) is 1. The molecule has 22 heavy (non-hydrogen) atoms. The first kappa shape index (κ1) is 15.7. The van der Waals surface area contributed by atoms with Gasteiger partial charge in [-0.1, -0.05) is 19.3 Å². The fraction of sp³-hybridized carbons (Fsp3) is 0.471. The molecule has 1 aliphatic carbocycles. The van der Waals surface area contributed by atoms with Gasteiger partial charge in [0.2, 0.25) is 0 Å². The summed E-state index contributed by atoms with van der Waals surface area (Å²) in [6, 6.07) is 6.27. The largest absolute Gasteiger partial charge is 0.345 e. The monoisotopic (exact) mass is 293 g/mol. The van der Waals surface area contributed by atoms with Crippen molar-refractivity contribution in [3.8, 4) is 18.2 Å². The van der Waals surface area contributed by atoms with Gasteiger partial charge in [-0.25, -0.2) is 0 Å². The van der Waals surface area contributed by atoms with Gasteiger partial charge in [0.25, 0.3) is 0 Å². The second-order valence-electron chi connectivity index (χ2n) is 5.63. The molecule has 1 N–H and O–H groups in total. The summed E-state index contributed by atoms with van der Waals surface area (Å²) < 4.78 is 2.18. The molecule has 5 nitrogen and oxygen atoms in total. The lowest BCUT2D eigenvalue weighted by Gasteiger charge is -2.27. The molecule has 1 heterocycles. The molecule has 0 atom stereocenters. The van der Waals surface area contributed by atoms with Gasteiger partial charge in [0.1, 0.15) is 29.6 Å². The summed E-state index contributed by atoms with van der Waals surface area (Å²) in [4.78, 5) is 0. The Bertz CT molecular complexity index is 696. The highest BCUT2D eigenvalue weighted by molar-refractivity contribution is 5.63. The smallest absolute Gasteiger partial charge is 0.145 e. The summed E-state index contributed by atoms with van der Waals surface area (Å²) >= 11 is 0. The predicted molar refractivity (Wildman–Crippen MR) is 83.7 cm³/mol. The van der Waals surface area contributed by atoms with Crippen LogP contribution in [0.15, 0.2) is 11.8 Å². The molecule has 0 amide bonds. The molecule has 1 aromatic rings. The predicted octanol–water partition coefficient (Wildman–Crippen LogP) is 3.82. The Morgan fingerprint density at radius 1 is 1.14 bits per heavy atom. The first-order valence-corrected chi connectivity index (χ1v) is 7.52. The van der Waals surface area contributed by atoms with Gasteiger partial charge in [0.05, 0.1) is 5.56 Å². The Morgan fingerprint density at radius 2 is 1.77 bits per heavy atom. The normalized spacial score (nSPS) is 14.5. The fourth-order valence-corrected chi connectivity index (χ4v) is 3.13. The molecule has 5 heteroatoms. The highest BCUT2D eigenvalue weighted by Gasteiger charge is 2.24. The van der Waals surface area contributed by atoms with E-state index in [0.717, 1.165) is 24.1 Å². The molecule has 2 rings (SSSR count). The molecule has 0 radical (unpaired) electrons. The summed E-state index contributed by atoms with van der Waals surface area (Å²) in [5, 5.41) is 30.2. The van der Waals surface area contributed by atoms with E-state index in [1.54, 1.807) is 0 Å².